The number of esters is 3. The molecule has 158 valence electrons. The molecule has 3 rings (SSSR count). The van der Waals surface area contributed by atoms with Crippen molar-refractivity contribution >= 4 is 17.9 Å². The Labute approximate surface area is 164 Å². The molecule has 1 aromatic carbocycles. The number of rotatable bonds is 4. The topological polar surface area (TPSA) is 158 Å². The number of fused-ring (bicyclic) bond motifs is 3. The fraction of sp³-hybridized carbons (Fsp3) is 0.500. The van der Waals surface area contributed by atoms with E-state index < -0.39 is 54.2 Å². The minimum atomic E-state index is -1.58. The van der Waals surface area contributed by atoms with E-state index in [9.17, 15) is 29.7 Å². The fourth-order valence-electron chi connectivity index (χ4n) is 3.35. The molecule has 2 heterocycles. The first-order valence-electron chi connectivity index (χ1n) is 8.63. The monoisotopic (exact) mass is 412 g/mol. The lowest BCUT2D eigenvalue weighted by atomic mass is 9.86. The molecule has 11 nitrogen and oxygen atoms in total. The maximum atomic E-state index is 12.4. The Hall–Kier alpha value is -2.89. The molecular formula is C18H20O11. The highest BCUT2D eigenvalue weighted by molar-refractivity contribution is 5.95. The van der Waals surface area contributed by atoms with Crippen LogP contribution in [0.4, 0.5) is 0 Å². The Balaban J connectivity index is 2.07. The minimum Gasteiger partial charge on any atom is -0.504 e. The van der Waals surface area contributed by atoms with Gasteiger partial charge in [0.15, 0.2) is 17.6 Å². The van der Waals surface area contributed by atoms with Crippen molar-refractivity contribution in [3.05, 3.63) is 17.2 Å². The number of carbonyl (C=O) groups is 3. The highest BCUT2D eigenvalue weighted by Gasteiger charge is 2.52. The lowest BCUT2D eigenvalue weighted by molar-refractivity contribution is -0.237. The number of aliphatic hydroxyl groups excluding tert-OH is 2. The Morgan fingerprint density at radius 1 is 1.17 bits per heavy atom. The lowest BCUT2D eigenvalue weighted by Gasteiger charge is -2.44. The summed E-state index contributed by atoms with van der Waals surface area (Å²) in [6.07, 6.45) is -6.80. The van der Waals surface area contributed by atoms with Gasteiger partial charge in [0.1, 0.15) is 31.0 Å². The van der Waals surface area contributed by atoms with Crippen molar-refractivity contribution in [1.82, 2.24) is 0 Å². The van der Waals surface area contributed by atoms with Crippen LogP contribution in [0.25, 0.3) is 0 Å². The van der Waals surface area contributed by atoms with Crippen molar-refractivity contribution in [2.24, 2.45) is 0 Å². The number of phenols is 1. The third-order valence-corrected chi connectivity index (χ3v) is 4.60. The van der Waals surface area contributed by atoms with E-state index in [0.717, 1.165) is 13.0 Å². The molecule has 1 aromatic rings. The van der Waals surface area contributed by atoms with Gasteiger partial charge < -0.3 is 39.0 Å². The van der Waals surface area contributed by atoms with E-state index in [0.29, 0.717) is 0 Å². The van der Waals surface area contributed by atoms with Crippen LogP contribution in [0, 0.1) is 0 Å². The molecule has 2 aliphatic rings. The predicted molar refractivity (Wildman–Crippen MR) is 91.4 cm³/mol. The number of hydrogen-bond donors (Lipinski definition) is 3. The van der Waals surface area contributed by atoms with E-state index in [-0.39, 0.29) is 29.2 Å². The number of aromatic hydroxyl groups is 1. The van der Waals surface area contributed by atoms with Gasteiger partial charge >= 0.3 is 17.9 Å². The Morgan fingerprint density at radius 2 is 1.86 bits per heavy atom. The van der Waals surface area contributed by atoms with Crippen LogP contribution in [0.15, 0.2) is 6.07 Å². The zero-order valence-corrected chi connectivity index (χ0v) is 15.8. The van der Waals surface area contributed by atoms with Crippen molar-refractivity contribution in [1.29, 1.82) is 0 Å². The maximum Gasteiger partial charge on any atom is 0.339 e. The van der Waals surface area contributed by atoms with E-state index in [2.05, 4.69) is 0 Å². The van der Waals surface area contributed by atoms with Crippen molar-refractivity contribution in [3.63, 3.8) is 0 Å². The summed E-state index contributed by atoms with van der Waals surface area (Å²) in [4.78, 5) is 34.8. The molecule has 3 N–H and O–H groups in total. The van der Waals surface area contributed by atoms with Crippen LogP contribution >= 0.6 is 0 Å². The first kappa shape index (κ1) is 20.8. The van der Waals surface area contributed by atoms with Crippen LogP contribution in [-0.2, 0) is 23.8 Å². The number of methoxy groups -OCH3 is 1. The summed E-state index contributed by atoms with van der Waals surface area (Å²) in [5, 5.41) is 31.4. The number of carbonyl (C=O) groups excluding carboxylic acids is 3. The van der Waals surface area contributed by atoms with E-state index >= 15 is 0 Å². The summed E-state index contributed by atoms with van der Waals surface area (Å²) in [7, 11) is 1.22. The van der Waals surface area contributed by atoms with Crippen LogP contribution in [0.1, 0.15) is 35.9 Å². The van der Waals surface area contributed by atoms with Gasteiger partial charge in [-0.25, -0.2) is 4.79 Å². The zero-order valence-electron chi connectivity index (χ0n) is 15.8. The molecule has 1 fully saturated rings. The second-order valence-corrected chi connectivity index (χ2v) is 6.56. The lowest BCUT2D eigenvalue weighted by Crippen LogP contribution is -2.58. The van der Waals surface area contributed by atoms with Gasteiger partial charge in [0, 0.05) is 19.4 Å². The van der Waals surface area contributed by atoms with E-state index in [1.165, 1.54) is 14.0 Å². The summed E-state index contributed by atoms with van der Waals surface area (Å²) in [6.45, 7) is 1.93. The predicted octanol–water partition coefficient (Wildman–Crippen LogP) is -0.410. The Morgan fingerprint density at radius 3 is 2.45 bits per heavy atom. The molecule has 11 heteroatoms. The second kappa shape index (κ2) is 7.85. The molecular weight excluding hydrogens is 392 g/mol. The third-order valence-electron chi connectivity index (χ3n) is 4.60. The van der Waals surface area contributed by atoms with Crippen LogP contribution in [-0.4, -0.2) is 71.4 Å². The summed E-state index contributed by atoms with van der Waals surface area (Å²) in [6, 6.07) is 1.15. The maximum absolute atomic E-state index is 12.4. The highest BCUT2D eigenvalue weighted by Crippen LogP contribution is 2.50. The average Bonchev–Trinajstić information content (AvgIpc) is 2.64. The van der Waals surface area contributed by atoms with Gasteiger partial charge in [0.05, 0.1) is 12.7 Å². The van der Waals surface area contributed by atoms with Crippen molar-refractivity contribution < 1.29 is 53.4 Å². The molecule has 5 atom stereocenters. The quantitative estimate of drug-likeness (QED) is 0.436. The SMILES string of the molecule is COc1c(OC(C)=O)cc2c(c1O)[C@@H]1O[C@H](COC(C)=O)[C@@H](O)[C@H](O)[C@H]1OC2=O. The third kappa shape index (κ3) is 3.71. The van der Waals surface area contributed by atoms with Gasteiger partial charge in [-0.15, -0.1) is 0 Å². The molecule has 0 spiro atoms. The summed E-state index contributed by atoms with van der Waals surface area (Å²) in [5.74, 6) is -3.25. The van der Waals surface area contributed by atoms with Gasteiger partial charge in [-0.1, -0.05) is 0 Å². The molecule has 0 aliphatic carbocycles. The number of ether oxygens (including phenoxy) is 5. The standard InChI is InChI=1S/C18H20O11/c1-6(19)26-5-10-12(21)14(23)17-16(28-10)11-8(18(24)29-17)4-9(27-7(2)20)15(25-3)13(11)22/h4,10,12,14,16-17,21-23H,5H2,1-3H3/t10-,12-,14+,16+,17-/m1/s1. The average molecular weight is 412 g/mol. The van der Waals surface area contributed by atoms with Gasteiger partial charge in [-0.3, -0.25) is 9.59 Å². The van der Waals surface area contributed by atoms with Gasteiger partial charge in [0.2, 0.25) is 5.75 Å². The number of aliphatic hydroxyl groups is 2. The largest absolute Gasteiger partial charge is 0.504 e. The molecule has 0 amide bonds. The van der Waals surface area contributed by atoms with E-state index in [4.69, 9.17) is 23.7 Å². The normalized spacial score (nSPS) is 27.9. The molecule has 2 aliphatic heterocycles. The summed E-state index contributed by atoms with van der Waals surface area (Å²) in [5.41, 5.74) is -0.242. The van der Waals surface area contributed by atoms with Gasteiger partial charge in [0.25, 0.3) is 0 Å². The molecule has 1 saturated heterocycles. The first-order valence-corrected chi connectivity index (χ1v) is 8.63. The van der Waals surface area contributed by atoms with Crippen molar-refractivity contribution in [3.8, 4) is 17.2 Å². The van der Waals surface area contributed by atoms with E-state index in [1.807, 2.05) is 0 Å². The fourth-order valence-corrected chi connectivity index (χ4v) is 3.35. The Kier molecular flexibility index (Phi) is 5.64. The molecule has 0 aromatic heterocycles. The number of benzene rings is 1. The van der Waals surface area contributed by atoms with Crippen molar-refractivity contribution in [2.75, 3.05) is 13.7 Å². The smallest absolute Gasteiger partial charge is 0.339 e. The molecule has 0 radical (unpaired) electrons. The second-order valence-electron chi connectivity index (χ2n) is 6.56. The molecule has 29 heavy (non-hydrogen) atoms. The van der Waals surface area contributed by atoms with Gasteiger partial charge in [-0.05, 0) is 6.07 Å². The minimum absolute atomic E-state index is 0.0715. The van der Waals surface area contributed by atoms with Gasteiger partial charge in [-0.2, -0.15) is 0 Å². The van der Waals surface area contributed by atoms with Crippen LogP contribution in [0.5, 0.6) is 17.2 Å². The van der Waals surface area contributed by atoms with Crippen LogP contribution in [0.2, 0.25) is 0 Å². The Bertz CT molecular complexity index is 849. The molecule has 0 unspecified atom stereocenters. The molecule has 0 saturated carbocycles. The van der Waals surface area contributed by atoms with Crippen molar-refractivity contribution in [2.45, 2.75) is 44.4 Å². The van der Waals surface area contributed by atoms with Crippen LogP contribution < -0.4 is 9.47 Å². The van der Waals surface area contributed by atoms with Crippen LogP contribution in [0.3, 0.4) is 0 Å². The summed E-state index contributed by atoms with van der Waals surface area (Å²) >= 11 is 0. The molecule has 0 bridgehead atoms. The number of hydrogen-bond acceptors (Lipinski definition) is 11. The number of phenolic OH excluding ortho intramolecular Hbond substituents is 1. The van der Waals surface area contributed by atoms with E-state index in [1.54, 1.807) is 0 Å². The highest BCUT2D eigenvalue weighted by atomic mass is 16.6. The zero-order chi connectivity index (χ0) is 21.5. The first-order chi connectivity index (χ1) is 13.6. The summed E-state index contributed by atoms with van der Waals surface area (Å²) < 4.78 is 25.8.